The van der Waals surface area contributed by atoms with E-state index in [2.05, 4.69) is 5.32 Å². The van der Waals surface area contributed by atoms with Gasteiger partial charge in [0, 0.05) is 6.54 Å². The quantitative estimate of drug-likeness (QED) is 0.413. The molecule has 0 aromatic heterocycles. The SMILES string of the molecule is COc1ccc(CCN2C(=O)NCC2(N)c2ccc(OC)cc2)cc1.Cc1ccc(S(=O)(=O)O)cc1. The summed E-state index contributed by atoms with van der Waals surface area (Å²) in [4.78, 5) is 13.9. The minimum atomic E-state index is -4.02. The molecule has 1 aliphatic rings. The highest BCUT2D eigenvalue weighted by atomic mass is 32.2. The first-order valence-electron chi connectivity index (χ1n) is 11.2. The zero-order chi connectivity index (χ0) is 26.3. The van der Waals surface area contributed by atoms with Crippen LogP contribution < -0.4 is 20.5 Å². The number of nitrogens with zero attached hydrogens (tertiary/aromatic N) is 1. The third kappa shape index (κ3) is 6.54. The molecule has 1 unspecified atom stereocenters. The molecule has 192 valence electrons. The van der Waals surface area contributed by atoms with Gasteiger partial charge in [0.2, 0.25) is 0 Å². The van der Waals surface area contributed by atoms with Crippen molar-refractivity contribution in [2.45, 2.75) is 23.9 Å². The summed E-state index contributed by atoms with van der Waals surface area (Å²) in [5.74, 6) is 1.57. The van der Waals surface area contributed by atoms with E-state index in [1.807, 2.05) is 55.5 Å². The van der Waals surface area contributed by atoms with Gasteiger partial charge in [-0.15, -0.1) is 0 Å². The number of carbonyl (C=O) groups is 1. The maximum absolute atomic E-state index is 12.3. The van der Waals surface area contributed by atoms with Gasteiger partial charge < -0.3 is 25.4 Å². The molecule has 10 heteroatoms. The van der Waals surface area contributed by atoms with Gasteiger partial charge in [0.15, 0.2) is 0 Å². The summed E-state index contributed by atoms with van der Waals surface area (Å²) in [6.45, 7) is 2.75. The number of nitrogens with one attached hydrogen (secondary N) is 1. The normalized spacial score (nSPS) is 17.1. The van der Waals surface area contributed by atoms with Gasteiger partial charge in [-0.25, -0.2) is 4.79 Å². The van der Waals surface area contributed by atoms with E-state index < -0.39 is 15.8 Å². The molecule has 36 heavy (non-hydrogen) atoms. The number of hydrogen-bond acceptors (Lipinski definition) is 6. The molecule has 3 aromatic rings. The van der Waals surface area contributed by atoms with Crippen molar-refractivity contribution in [2.75, 3.05) is 27.3 Å². The van der Waals surface area contributed by atoms with Crippen LogP contribution >= 0.6 is 0 Å². The summed E-state index contributed by atoms with van der Waals surface area (Å²) < 4.78 is 39.9. The van der Waals surface area contributed by atoms with Crippen LogP contribution in [0.2, 0.25) is 0 Å². The average molecular weight is 514 g/mol. The summed E-state index contributed by atoms with van der Waals surface area (Å²) in [7, 11) is -0.759. The first-order chi connectivity index (χ1) is 17.1. The summed E-state index contributed by atoms with van der Waals surface area (Å²) in [5.41, 5.74) is 8.69. The number of urea groups is 1. The number of methoxy groups -OCH3 is 2. The fourth-order valence-electron chi connectivity index (χ4n) is 3.76. The second kappa shape index (κ2) is 11.4. The Kier molecular flexibility index (Phi) is 8.57. The van der Waals surface area contributed by atoms with Gasteiger partial charge in [-0.05, 0) is 60.9 Å². The third-order valence-electron chi connectivity index (χ3n) is 5.93. The highest BCUT2D eigenvalue weighted by Gasteiger charge is 2.43. The van der Waals surface area contributed by atoms with Crippen LogP contribution in [0.15, 0.2) is 77.7 Å². The van der Waals surface area contributed by atoms with Crippen LogP contribution in [-0.4, -0.2) is 51.2 Å². The number of hydrogen-bond donors (Lipinski definition) is 3. The van der Waals surface area contributed by atoms with E-state index in [0.717, 1.165) is 28.2 Å². The van der Waals surface area contributed by atoms with Crippen LogP contribution in [0.4, 0.5) is 4.79 Å². The lowest BCUT2D eigenvalue weighted by Gasteiger charge is -2.34. The maximum atomic E-state index is 12.3. The Balaban J connectivity index is 0.000000275. The van der Waals surface area contributed by atoms with Gasteiger partial charge in [-0.1, -0.05) is 42.0 Å². The van der Waals surface area contributed by atoms with Crippen LogP contribution in [0.1, 0.15) is 16.7 Å². The molecular formula is C26H31N3O6S. The van der Waals surface area contributed by atoms with Crippen molar-refractivity contribution < 1.29 is 27.2 Å². The smallest absolute Gasteiger partial charge is 0.319 e. The van der Waals surface area contributed by atoms with Crippen molar-refractivity contribution in [3.63, 3.8) is 0 Å². The molecule has 1 aliphatic heterocycles. The van der Waals surface area contributed by atoms with Gasteiger partial charge in [0.25, 0.3) is 10.1 Å². The Morgan fingerprint density at radius 1 is 0.944 bits per heavy atom. The zero-order valence-corrected chi connectivity index (χ0v) is 21.3. The molecule has 2 amide bonds. The molecule has 0 aliphatic carbocycles. The Bertz CT molecular complexity index is 1260. The minimum absolute atomic E-state index is 0.0666. The Morgan fingerprint density at radius 3 is 1.97 bits per heavy atom. The molecule has 3 aromatic carbocycles. The van der Waals surface area contributed by atoms with E-state index in [-0.39, 0.29) is 10.9 Å². The van der Waals surface area contributed by atoms with Crippen LogP contribution in [0, 0.1) is 6.92 Å². The van der Waals surface area contributed by atoms with E-state index in [4.69, 9.17) is 19.8 Å². The Morgan fingerprint density at radius 2 is 1.47 bits per heavy atom. The molecular weight excluding hydrogens is 482 g/mol. The molecule has 4 rings (SSSR count). The van der Waals surface area contributed by atoms with Crippen LogP contribution in [0.5, 0.6) is 11.5 Å². The number of nitrogens with two attached hydrogens (primary N) is 1. The predicted octanol–water partition coefficient (Wildman–Crippen LogP) is 3.32. The molecule has 1 saturated heterocycles. The molecule has 4 N–H and O–H groups in total. The molecule has 1 fully saturated rings. The minimum Gasteiger partial charge on any atom is -0.497 e. The van der Waals surface area contributed by atoms with Crippen molar-refractivity contribution in [2.24, 2.45) is 5.73 Å². The number of benzene rings is 3. The van der Waals surface area contributed by atoms with Crippen LogP contribution in [0.3, 0.4) is 0 Å². The highest BCUT2D eigenvalue weighted by Crippen LogP contribution is 2.28. The fourth-order valence-corrected chi connectivity index (χ4v) is 4.24. The number of ether oxygens (including phenoxy) is 2. The lowest BCUT2D eigenvalue weighted by atomic mass is 9.99. The summed E-state index contributed by atoms with van der Waals surface area (Å²) in [5, 5.41) is 2.85. The van der Waals surface area contributed by atoms with E-state index in [1.165, 1.54) is 12.1 Å². The predicted molar refractivity (Wildman–Crippen MR) is 137 cm³/mol. The Labute approximate surface area is 211 Å². The molecule has 1 atom stereocenters. The van der Waals surface area contributed by atoms with E-state index in [9.17, 15) is 13.2 Å². The zero-order valence-electron chi connectivity index (χ0n) is 20.5. The lowest BCUT2D eigenvalue weighted by molar-refractivity contribution is 0.160. The van der Waals surface area contributed by atoms with E-state index >= 15 is 0 Å². The van der Waals surface area contributed by atoms with Crippen molar-refractivity contribution in [1.29, 1.82) is 0 Å². The van der Waals surface area contributed by atoms with Gasteiger partial charge >= 0.3 is 6.03 Å². The molecule has 0 spiro atoms. The molecule has 0 bridgehead atoms. The summed E-state index contributed by atoms with van der Waals surface area (Å²) in [6, 6.07) is 21.2. The first kappa shape index (κ1) is 27.0. The van der Waals surface area contributed by atoms with Crippen molar-refractivity contribution in [1.82, 2.24) is 10.2 Å². The van der Waals surface area contributed by atoms with Gasteiger partial charge in [-0.3, -0.25) is 4.55 Å². The average Bonchev–Trinajstić information content (AvgIpc) is 3.17. The van der Waals surface area contributed by atoms with Crippen molar-refractivity contribution in [3.8, 4) is 11.5 Å². The number of carbonyl (C=O) groups excluding carboxylic acids is 1. The second-order valence-corrected chi connectivity index (χ2v) is 9.77. The van der Waals surface area contributed by atoms with Gasteiger partial charge in [-0.2, -0.15) is 8.42 Å². The maximum Gasteiger partial charge on any atom is 0.319 e. The topological polar surface area (TPSA) is 131 Å². The van der Waals surface area contributed by atoms with E-state index in [0.29, 0.717) is 19.5 Å². The summed E-state index contributed by atoms with van der Waals surface area (Å²) >= 11 is 0. The second-order valence-electron chi connectivity index (χ2n) is 8.35. The van der Waals surface area contributed by atoms with Crippen molar-refractivity contribution in [3.05, 3.63) is 89.5 Å². The standard InChI is InChI=1S/C19H23N3O3.C7H8O3S/c1-24-16-7-3-14(4-8-16)11-12-22-18(23)21-13-19(22,20)15-5-9-17(25-2)10-6-15;1-6-2-4-7(5-3-6)11(8,9)10/h3-10H,11-13,20H2,1-2H3,(H,21,23);2-5H,1H3,(H,8,9,10). The van der Waals surface area contributed by atoms with Gasteiger partial charge in [0.1, 0.15) is 17.2 Å². The monoisotopic (exact) mass is 513 g/mol. The number of aryl methyl sites for hydroxylation is 1. The van der Waals surface area contributed by atoms with Crippen molar-refractivity contribution >= 4 is 16.1 Å². The molecule has 0 radical (unpaired) electrons. The summed E-state index contributed by atoms with van der Waals surface area (Å²) in [6.07, 6.45) is 0.715. The lowest BCUT2D eigenvalue weighted by Crippen LogP contribution is -2.52. The van der Waals surface area contributed by atoms with Gasteiger partial charge in [0.05, 0.1) is 25.7 Å². The largest absolute Gasteiger partial charge is 0.497 e. The highest BCUT2D eigenvalue weighted by molar-refractivity contribution is 7.85. The molecule has 9 nitrogen and oxygen atoms in total. The number of amides is 2. The van der Waals surface area contributed by atoms with E-state index in [1.54, 1.807) is 31.3 Å². The third-order valence-corrected chi connectivity index (χ3v) is 6.80. The van der Waals surface area contributed by atoms with Crippen LogP contribution in [0.25, 0.3) is 0 Å². The fraction of sp³-hybridized carbons (Fsp3) is 0.269. The first-order valence-corrected chi connectivity index (χ1v) is 12.7. The molecule has 1 heterocycles. The number of rotatable bonds is 7. The Hall–Kier alpha value is -3.60. The van der Waals surface area contributed by atoms with Crippen LogP contribution in [-0.2, 0) is 22.2 Å². The molecule has 0 saturated carbocycles.